The molecule has 0 spiro atoms. The highest BCUT2D eigenvalue weighted by molar-refractivity contribution is 7.92. The maximum atomic E-state index is 12.6. The Labute approximate surface area is 179 Å². The van der Waals surface area contributed by atoms with Gasteiger partial charge in [-0.05, 0) is 42.8 Å². The molecule has 0 unspecified atom stereocenters. The number of aryl methyl sites for hydroxylation is 1. The van der Waals surface area contributed by atoms with Crippen LogP contribution >= 0.6 is 11.3 Å². The molecule has 2 aromatic carbocycles. The maximum Gasteiger partial charge on any atom is 0.262 e. The molecule has 1 aromatic heterocycles. The van der Waals surface area contributed by atoms with E-state index < -0.39 is 10.0 Å². The van der Waals surface area contributed by atoms with Crippen molar-refractivity contribution in [2.24, 2.45) is 0 Å². The Morgan fingerprint density at radius 2 is 1.83 bits per heavy atom. The van der Waals surface area contributed by atoms with Crippen molar-refractivity contribution in [3.63, 3.8) is 0 Å². The second kappa shape index (κ2) is 9.68. The highest BCUT2D eigenvalue weighted by Gasteiger charge is 2.17. The van der Waals surface area contributed by atoms with E-state index in [-0.39, 0.29) is 10.8 Å². The van der Waals surface area contributed by atoms with Crippen molar-refractivity contribution in [2.45, 2.75) is 31.1 Å². The van der Waals surface area contributed by atoms with Crippen LogP contribution in [0.5, 0.6) is 5.75 Å². The number of hydrogen-bond donors (Lipinski definition) is 2. The van der Waals surface area contributed by atoms with Gasteiger partial charge in [-0.3, -0.25) is 14.8 Å². The fraction of sp³-hybridized carbons (Fsp3) is 0.250. The van der Waals surface area contributed by atoms with E-state index in [0.717, 1.165) is 24.3 Å². The molecule has 0 aliphatic heterocycles. The first kappa shape index (κ1) is 21.7. The molecule has 3 aromatic rings. The third kappa shape index (κ3) is 5.33. The number of methoxy groups -OCH3 is 1. The number of hydrogen-bond acceptors (Lipinski definition) is 7. The number of nitrogens with one attached hydrogen (secondary N) is 2. The van der Waals surface area contributed by atoms with Gasteiger partial charge < -0.3 is 4.74 Å². The lowest BCUT2D eigenvalue weighted by Crippen LogP contribution is -2.15. The van der Waals surface area contributed by atoms with Crippen LogP contribution in [0.15, 0.2) is 53.4 Å². The summed E-state index contributed by atoms with van der Waals surface area (Å²) in [7, 11) is -2.37. The molecule has 10 heteroatoms. The summed E-state index contributed by atoms with van der Waals surface area (Å²) in [4.78, 5) is 12.4. The van der Waals surface area contributed by atoms with Gasteiger partial charge in [0, 0.05) is 12.0 Å². The number of carbonyl (C=O) groups is 1. The third-order valence-corrected chi connectivity index (χ3v) is 6.49. The van der Waals surface area contributed by atoms with Crippen molar-refractivity contribution in [3.05, 3.63) is 59.1 Å². The topological polar surface area (TPSA) is 110 Å². The quantitative estimate of drug-likeness (QED) is 0.515. The lowest BCUT2D eigenvalue weighted by atomic mass is 10.2. The van der Waals surface area contributed by atoms with Crippen LogP contribution in [0.25, 0.3) is 0 Å². The summed E-state index contributed by atoms with van der Waals surface area (Å²) >= 11 is 1.34. The zero-order valence-electron chi connectivity index (χ0n) is 16.6. The van der Waals surface area contributed by atoms with Crippen molar-refractivity contribution < 1.29 is 17.9 Å². The van der Waals surface area contributed by atoms with E-state index in [2.05, 4.69) is 27.2 Å². The van der Waals surface area contributed by atoms with E-state index in [9.17, 15) is 13.2 Å². The standard InChI is InChI=1S/C20H22N4O4S2/c1-3-4-9-18-22-23-20(29-18)21-19(25)14-10-12-15(13-11-14)30(26,27)24-16-7-5-6-8-17(16)28-2/h5-8,10-13,24H,3-4,9H2,1-2H3,(H,21,23,25). The third-order valence-electron chi connectivity index (χ3n) is 4.21. The first-order chi connectivity index (χ1) is 14.4. The number of anilines is 2. The summed E-state index contributed by atoms with van der Waals surface area (Å²) < 4.78 is 33.0. The molecule has 3 rings (SSSR count). The largest absolute Gasteiger partial charge is 0.495 e. The first-order valence-electron chi connectivity index (χ1n) is 9.32. The Balaban J connectivity index is 1.69. The van der Waals surface area contributed by atoms with Crippen molar-refractivity contribution in [1.29, 1.82) is 0 Å². The molecular formula is C20H22N4O4S2. The molecule has 0 saturated carbocycles. The number of ether oxygens (including phenoxy) is 1. The number of para-hydroxylation sites is 2. The van der Waals surface area contributed by atoms with Gasteiger partial charge in [0.15, 0.2) is 0 Å². The van der Waals surface area contributed by atoms with Gasteiger partial charge in [0.05, 0.1) is 17.7 Å². The van der Waals surface area contributed by atoms with E-state index in [0.29, 0.717) is 22.1 Å². The fourth-order valence-electron chi connectivity index (χ4n) is 2.62. The molecule has 0 bridgehead atoms. The molecule has 2 N–H and O–H groups in total. The summed E-state index contributed by atoms with van der Waals surface area (Å²) in [6, 6.07) is 12.4. The average Bonchev–Trinajstić information content (AvgIpc) is 3.19. The second-order valence-corrected chi connectivity index (χ2v) is 9.13. The van der Waals surface area contributed by atoms with Crippen LogP contribution in [0.2, 0.25) is 0 Å². The SMILES string of the molecule is CCCCc1nnc(NC(=O)c2ccc(S(=O)(=O)Nc3ccccc3OC)cc2)s1. The normalized spacial score (nSPS) is 11.1. The minimum atomic E-state index is -3.83. The van der Waals surface area contributed by atoms with Crippen LogP contribution in [0.4, 0.5) is 10.8 Å². The van der Waals surface area contributed by atoms with Crippen molar-refractivity contribution in [1.82, 2.24) is 10.2 Å². The predicted octanol–water partition coefficient (Wildman–Crippen LogP) is 3.94. The number of nitrogens with zero attached hydrogens (tertiary/aromatic N) is 2. The second-order valence-electron chi connectivity index (χ2n) is 6.39. The Morgan fingerprint density at radius 3 is 2.53 bits per heavy atom. The molecule has 0 aliphatic carbocycles. The van der Waals surface area contributed by atoms with Gasteiger partial charge in [-0.15, -0.1) is 10.2 Å². The van der Waals surface area contributed by atoms with Crippen molar-refractivity contribution in [3.8, 4) is 5.75 Å². The Bertz CT molecular complexity index is 1110. The molecule has 8 nitrogen and oxygen atoms in total. The lowest BCUT2D eigenvalue weighted by Gasteiger charge is -2.11. The number of rotatable bonds is 9. The summed E-state index contributed by atoms with van der Waals surface area (Å²) in [6.45, 7) is 2.10. The summed E-state index contributed by atoms with van der Waals surface area (Å²) in [5.74, 6) is 0.0299. The minimum Gasteiger partial charge on any atom is -0.495 e. The molecule has 0 saturated heterocycles. The summed E-state index contributed by atoms with van der Waals surface area (Å²) in [5, 5.41) is 12.0. The van der Waals surface area contributed by atoms with Crippen molar-refractivity contribution in [2.75, 3.05) is 17.1 Å². The molecule has 0 aliphatic rings. The molecular weight excluding hydrogens is 424 g/mol. The number of benzene rings is 2. The molecule has 30 heavy (non-hydrogen) atoms. The van der Waals surface area contributed by atoms with Gasteiger partial charge in [0.25, 0.3) is 15.9 Å². The number of amides is 1. The number of aromatic nitrogens is 2. The molecule has 1 amide bonds. The molecule has 0 atom stereocenters. The van der Waals surface area contributed by atoms with Crippen molar-refractivity contribution >= 4 is 38.1 Å². The highest BCUT2D eigenvalue weighted by Crippen LogP contribution is 2.26. The Morgan fingerprint density at radius 1 is 1.10 bits per heavy atom. The van der Waals surface area contributed by atoms with Crippen LogP contribution in [-0.4, -0.2) is 31.6 Å². The zero-order valence-corrected chi connectivity index (χ0v) is 18.2. The van der Waals surface area contributed by atoms with Crippen LogP contribution in [0, 0.1) is 0 Å². The number of unbranched alkanes of at least 4 members (excludes halogenated alkanes) is 1. The van der Waals surface area contributed by atoms with Gasteiger partial charge in [-0.2, -0.15) is 0 Å². The highest BCUT2D eigenvalue weighted by atomic mass is 32.2. The van der Waals surface area contributed by atoms with Gasteiger partial charge in [-0.1, -0.05) is 36.8 Å². The number of sulfonamides is 1. The van der Waals surface area contributed by atoms with E-state index in [1.54, 1.807) is 24.3 Å². The molecule has 1 heterocycles. The van der Waals surface area contributed by atoms with Gasteiger partial charge >= 0.3 is 0 Å². The van der Waals surface area contributed by atoms with Crippen LogP contribution in [0.3, 0.4) is 0 Å². The predicted molar refractivity (Wildman–Crippen MR) is 117 cm³/mol. The smallest absolute Gasteiger partial charge is 0.262 e. The van der Waals surface area contributed by atoms with Gasteiger partial charge in [0.2, 0.25) is 5.13 Å². The monoisotopic (exact) mass is 446 g/mol. The minimum absolute atomic E-state index is 0.0303. The van der Waals surface area contributed by atoms with E-state index in [1.165, 1.54) is 42.7 Å². The van der Waals surface area contributed by atoms with E-state index in [1.807, 2.05) is 0 Å². The van der Waals surface area contributed by atoms with Crippen LogP contribution < -0.4 is 14.8 Å². The summed E-state index contributed by atoms with van der Waals surface area (Å²) in [6.07, 6.45) is 2.90. The summed E-state index contributed by atoms with van der Waals surface area (Å²) in [5.41, 5.74) is 0.647. The lowest BCUT2D eigenvalue weighted by molar-refractivity contribution is 0.102. The maximum absolute atomic E-state index is 12.6. The van der Waals surface area contributed by atoms with Gasteiger partial charge in [0.1, 0.15) is 10.8 Å². The molecule has 158 valence electrons. The van der Waals surface area contributed by atoms with E-state index in [4.69, 9.17) is 4.74 Å². The van der Waals surface area contributed by atoms with E-state index >= 15 is 0 Å². The molecule has 0 radical (unpaired) electrons. The Hall–Kier alpha value is -2.98. The number of carbonyl (C=O) groups excluding carboxylic acids is 1. The average molecular weight is 447 g/mol. The van der Waals surface area contributed by atoms with Crippen LogP contribution in [-0.2, 0) is 16.4 Å². The zero-order chi connectivity index (χ0) is 21.6. The fourth-order valence-corrected chi connectivity index (χ4v) is 4.47. The Kier molecular flexibility index (Phi) is 7.01. The van der Waals surface area contributed by atoms with Crippen LogP contribution in [0.1, 0.15) is 35.1 Å². The van der Waals surface area contributed by atoms with Gasteiger partial charge in [-0.25, -0.2) is 8.42 Å². The molecule has 0 fully saturated rings. The first-order valence-corrected chi connectivity index (χ1v) is 11.6.